The van der Waals surface area contributed by atoms with Crippen molar-refractivity contribution >= 4 is 0 Å². The van der Waals surface area contributed by atoms with Crippen LogP contribution in [0.3, 0.4) is 0 Å². The van der Waals surface area contributed by atoms with E-state index in [9.17, 15) is 0 Å². The van der Waals surface area contributed by atoms with Gasteiger partial charge in [-0.05, 0) is 46.2 Å². The van der Waals surface area contributed by atoms with E-state index < -0.39 is 0 Å². The van der Waals surface area contributed by atoms with Gasteiger partial charge in [-0.3, -0.25) is 4.90 Å². The summed E-state index contributed by atoms with van der Waals surface area (Å²) in [5.74, 6) is 0. The van der Waals surface area contributed by atoms with Crippen LogP contribution in [0.2, 0.25) is 0 Å². The summed E-state index contributed by atoms with van der Waals surface area (Å²) in [6.07, 6.45) is 8.26. The first kappa shape index (κ1) is 12.0. The highest BCUT2D eigenvalue weighted by Crippen LogP contribution is 2.24. The quantitative estimate of drug-likeness (QED) is 0.735. The second-order valence-electron chi connectivity index (χ2n) is 4.77. The first-order valence-electron chi connectivity index (χ1n) is 6.21. The van der Waals surface area contributed by atoms with Crippen molar-refractivity contribution in [2.24, 2.45) is 5.73 Å². The van der Waals surface area contributed by atoms with Crippen molar-refractivity contribution in [3.8, 4) is 0 Å². The molecule has 0 heterocycles. The number of hydrogen-bond donors (Lipinski definition) is 1. The SMILES string of the molecule is CC(C)N(CCCN)C1CCCCC1. The van der Waals surface area contributed by atoms with Crippen molar-refractivity contribution in [2.45, 2.75) is 64.5 Å². The Morgan fingerprint density at radius 2 is 1.86 bits per heavy atom. The minimum absolute atomic E-state index is 0.685. The van der Waals surface area contributed by atoms with Crippen molar-refractivity contribution in [1.82, 2.24) is 4.90 Å². The first-order valence-corrected chi connectivity index (χ1v) is 6.21. The average molecular weight is 198 g/mol. The number of rotatable bonds is 5. The average Bonchev–Trinajstić information content (AvgIpc) is 2.19. The molecule has 0 radical (unpaired) electrons. The van der Waals surface area contributed by atoms with Gasteiger partial charge >= 0.3 is 0 Å². The standard InChI is InChI=1S/C12H26N2/c1-11(2)14(10-6-9-13)12-7-4-3-5-8-12/h11-12H,3-10,13H2,1-2H3. The van der Waals surface area contributed by atoms with Gasteiger partial charge in [0, 0.05) is 12.1 Å². The molecule has 1 rings (SSSR count). The lowest BCUT2D eigenvalue weighted by molar-refractivity contribution is 0.120. The van der Waals surface area contributed by atoms with E-state index in [0.29, 0.717) is 6.04 Å². The normalized spacial score (nSPS) is 19.5. The lowest BCUT2D eigenvalue weighted by atomic mass is 9.93. The van der Waals surface area contributed by atoms with E-state index in [4.69, 9.17) is 5.73 Å². The molecule has 2 N–H and O–H groups in total. The largest absolute Gasteiger partial charge is 0.330 e. The third-order valence-corrected chi connectivity index (χ3v) is 3.33. The molecular formula is C12H26N2. The molecule has 2 nitrogen and oxygen atoms in total. The Bertz CT molecular complexity index is 139. The van der Waals surface area contributed by atoms with E-state index >= 15 is 0 Å². The summed E-state index contributed by atoms with van der Waals surface area (Å²) in [7, 11) is 0. The molecule has 0 atom stereocenters. The Morgan fingerprint density at radius 1 is 1.21 bits per heavy atom. The zero-order valence-corrected chi connectivity index (χ0v) is 9.84. The van der Waals surface area contributed by atoms with E-state index in [-0.39, 0.29) is 0 Å². The molecule has 0 saturated heterocycles. The van der Waals surface area contributed by atoms with Gasteiger partial charge in [0.1, 0.15) is 0 Å². The fourth-order valence-electron chi connectivity index (χ4n) is 2.55. The van der Waals surface area contributed by atoms with Crippen molar-refractivity contribution in [3.05, 3.63) is 0 Å². The van der Waals surface area contributed by atoms with E-state index in [1.54, 1.807) is 0 Å². The molecule has 14 heavy (non-hydrogen) atoms. The molecule has 1 fully saturated rings. The van der Waals surface area contributed by atoms with Crippen molar-refractivity contribution < 1.29 is 0 Å². The van der Waals surface area contributed by atoms with Crippen LogP contribution in [0.5, 0.6) is 0 Å². The van der Waals surface area contributed by atoms with Crippen LogP contribution >= 0.6 is 0 Å². The van der Waals surface area contributed by atoms with Gasteiger partial charge in [-0.25, -0.2) is 0 Å². The minimum atomic E-state index is 0.685. The van der Waals surface area contributed by atoms with Crippen molar-refractivity contribution in [3.63, 3.8) is 0 Å². The third-order valence-electron chi connectivity index (χ3n) is 3.33. The topological polar surface area (TPSA) is 29.3 Å². The maximum atomic E-state index is 5.58. The zero-order valence-electron chi connectivity index (χ0n) is 9.84. The molecule has 1 saturated carbocycles. The van der Waals surface area contributed by atoms with Crippen LogP contribution in [0, 0.1) is 0 Å². The van der Waals surface area contributed by atoms with Gasteiger partial charge in [-0.2, -0.15) is 0 Å². The van der Waals surface area contributed by atoms with Crippen LogP contribution in [0.15, 0.2) is 0 Å². The Hall–Kier alpha value is -0.0800. The summed E-state index contributed by atoms with van der Waals surface area (Å²) >= 11 is 0. The second kappa shape index (κ2) is 6.41. The fourth-order valence-corrected chi connectivity index (χ4v) is 2.55. The van der Waals surface area contributed by atoms with E-state index in [2.05, 4.69) is 18.7 Å². The second-order valence-corrected chi connectivity index (χ2v) is 4.77. The van der Waals surface area contributed by atoms with Crippen LogP contribution in [0.4, 0.5) is 0 Å². The predicted molar refractivity (Wildman–Crippen MR) is 62.4 cm³/mol. The molecule has 0 aromatic carbocycles. The highest BCUT2D eigenvalue weighted by atomic mass is 15.2. The molecule has 1 aliphatic carbocycles. The van der Waals surface area contributed by atoms with E-state index in [1.807, 2.05) is 0 Å². The monoisotopic (exact) mass is 198 g/mol. The molecule has 1 aliphatic rings. The smallest absolute Gasteiger partial charge is 0.00979 e. The van der Waals surface area contributed by atoms with Crippen molar-refractivity contribution in [1.29, 1.82) is 0 Å². The molecule has 0 bridgehead atoms. The van der Waals surface area contributed by atoms with Crippen LogP contribution in [0.1, 0.15) is 52.4 Å². The van der Waals surface area contributed by atoms with Crippen LogP contribution in [-0.2, 0) is 0 Å². The Balaban J connectivity index is 2.39. The molecule has 0 amide bonds. The molecule has 0 aromatic rings. The maximum absolute atomic E-state index is 5.58. The van der Waals surface area contributed by atoms with Gasteiger partial charge in [-0.1, -0.05) is 19.3 Å². The lowest BCUT2D eigenvalue weighted by Crippen LogP contribution is -2.42. The predicted octanol–water partition coefficient (Wildman–Crippen LogP) is 2.38. The molecule has 0 aliphatic heterocycles. The molecule has 2 heteroatoms. The third kappa shape index (κ3) is 3.58. The number of nitrogens with two attached hydrogens (primary N) is 1. The molecule has 0 spiro atoms. The first-order chi connectivity index (χ1) is 6.75. The summed E-state index contributed by atoms with van der Waals surface area (Å²) in [5.41, 5.74) is 5.58. The van der Waals surface area contributed by atoms with Crippen LogP contribution in [-0.4, -0.2) is 30.1 Å². The summed E-state index contributed by atoms with van der Waals surface area (Å²) in [6.45, 7) is 6.64. The fraction of sp³-hybridized carbons (Fsp3) is 1.00. The maximum Gasteiger partial charge on any atom is 0.00979 e. The van der Waals surface area contributed by atoms with Crippen LogP contribution < -0.4 is 5.73 Å². The number of nitrogens with zero attached hydrogens (tertiary/aromatic N) is 1. The Kier molecular flexibility index (Phi) is 5.49. The highest BCUT2D eigenvalue weighted by molar-refractivity contribution is 4.78. The van der Waals surface area contributed by atoms with E-state index in [0.717, 1.165) is 19.0 Å². The summed E-state index contributed by atoms with van der Waals surface area (Å²) in [5, 5.41) is 0. The molecule has 0 aromatic heterocycles. The summed E-state index contributed by atoms with van der Waals surface area (Å²) in [6, 6.07) is 1.53. The Morgan fingerprint density at radius 3 is 2.36 bits per heavy atom. The van der Waals surface area contributed by atoms with Gasteiger partial charge in [0.25, 0.3) is 0 Å². The number of hydrogen-bond acceptors (Lipinski definition) is 2. The van der Waals surface area contributed by atoms with Crippen molar-refractivity contribution in [2.75, 3.05) is 13.1 Å². The summed E-state index contributed by atoms with van der Waals surface area (Å²) in [4.78, 5) is 2.66. The molecule has 84 valence electrons. The molecule has 0 unspecified atom stereocenters. The van der Waals surface area contributed by atoms with Gasteiger partial charge < -0.3 is 5.73 Å². The lowest BCUT2D eigenvalue weighted by Gasteiger charge is -2.37. The zero-order chi connectivity index (χ0) is 10.4. The van der Waals surface area contributed by atoms with E-state index in [1.165, 1.54) is 38.6 Å². The van der Waals surface area contributed by atoms with Gasteiger partial charge in [0.2, 0.25) is 0 Å². The highest BCUT2D eigenvalue weighted by Gasteiger charge is 2.22. The van der Waals surface area contributed by atoms with Gasteiger partial charge in [0.15, 0.2) is 0 Å². The Labute approximate surface area is 88.8 Å². The van der Waals surface area contributed by atoms with Gasteiger partial charge in [0.05, 0.1) is 0 Å². The molecular weight excluding hydrogens is 172 g/mol. The summed E-state index contributed by atoms with van der Waals surface area (Å²) < 4.78 is 0. The van der Waals surface area contributed by atoms with Gasteiger partial charge in [-0.15, -0.1) is 0 Å². The van der Waals surface area contributed by atoms with Crippen LogP contribution in [0.25, 0.3) is 0 Å². The minimum Gasteiger partial charge on any atom is -0.330 e.